The molecule has 2 atom stereocenters. The molecule has 0 aliphatic carbocycles. The van der Waals surface area contributed by atoms with Crippen LogP contribution in [0.4, 0.5) is 0 Å². The number of carbonyl (C=O) groups is 1. The van der Waals surface area contributed by atoms with Crippen LogP contribution in [0.25, 0.3) is 0 Å². The Hall–Kier alpha value is -0.870. The zero-order chi connectivity index (χ0) is 13.3. The normalized spacial score (nSPS) is 14.4. The van der Waals surface area contributed by atoms with Crippen LogP contribution in [-0.2, 0) is 4.79 Å². The molecule has 0 bridgehead atoms. The summed E-state index contributed by atoms with van der Waals surface area (Å²) in [5, 5.41) is 11.9. The molecular weight excluding hydrogens is 216 g/mol. The molecule has 17 heavy (non-hydrogen) atoms. The largest absolute Gasteiger partial charge is 0.395 e. The minimum Gasteiger partial charge on any atom is -0.395 e. The Labute approximate surface area is 105 Å². The van der Waals surface area contributed by atoms with E-state index < -0.39 is 0 Å². The maximum absolute atomic E-state index is 12.0. The first-order valence-electron chi connectivity index (χ1n) is 6.32. The van der Waals surface area contributed by atoms with E-state index in [4.69, 9.17) is 5.11 Å². The minimum atomic E-state index is -0.237. The molecule has 2 unspecified atom stereocenters. The van der Waals surface area contributed by atoms with E-state index in [1.54, 1.807) is 6.08 Å². The van der Waals surface area contributed by atoms with Gasteiger partial charge in [0, 0.05) is 19.1 Å². The number of aliphatic hydroxyl groups is 1. The second kappa shape index (κ2) is 9.19. The van der Waals surface area contributed by atoms with Crippen LogP contribution in [0.15, 0.2) is 12.7 Å². The number of carbonyl (C=O) groups excluding carboxylic acids is 1. The van der Waals surface area contributed by atoms with E-state index in [0.29, 0.717) is 13.1 Å². The van der Waals surface area contributed by atoms with Gasteiger partial charge in [-0.05, 0) is 20.3 Å². The molecule has 0 aromatic heterocycles. The zero-order valence-electron chi connectivity index (χ0n) is 11.3. The molecule has 4 heteroatoms. The highest BCUT2D eigenvalue weighted by Gasteiger charge is 2.20. The van der Waals surface area contributed by atoms with E-state index in [1.165, 1.54) is 0 Å². The van der Waals surface area contributed by atoms with Crippen molar-refractivity contribution in [2.24, 2.45) is 0 Å². The monoisotopic (exact) mass is 242 g/mol. The lowest BCUT2D eigenvalue weighted by Gasteiger charge is -2.27. The molecule has 0 radical (unpaired) electrons. The van der Waals surface area contributed by atoms with Gasteiger partial charge in [0.2, 0.25) is 5.91 Å². The van der Waals surface area contributed by atoms with E-state index in [1.807, 2.05) is 18.7 Å². The van der Waals surface area contributed by atoms with Crippen LogP contribution in [0.5, 0.6) is 0 Å². The molecule has 0 aromatic rings. The minimum absolute atomic E-state index is 0.0150. The number of amides is 1. The van der Waals surface area contributed by atoms with Crippen LogP contribution in [0.1, 0.15) is 33.6 Å². The van der Waals surface area contributed by atoms with Crippen molar-refractivity contribution >= 4 is 5.91 Å². The predicted octanol–water partition coefficient (Wildman–Crippen LogP) is 1.16. The van der Waals surface area contributed by atoms with Gasteiger partial charge in [-0.2, -0.15) is 0 Å². The van der Waals surface area contributed by atoms with Crippen molar-refractivity contribution in [2.75, 3.05) is 19.7 Å². The van der Waals surface area contributed by atoms with Gasteiger partial charge >= 0.3 is 0 Å². The Morgan fingerprint density at radius 3 is 2.65 bits per heavy atom. The SMILES string of the molecule is C=CCN(CCO)C(C)C(=O)NC(C)CCC. The van der Waals surface area contributed by atoms with Crippen LogP contribution in [-0.4, -0.2) is 47.7 Å². The quantitative estimate of drug-likeness (QED) is 0.597. The van der Waals surface area contributed by atoms with Crippen LogP contribution in [0, 0.1) is 0 Å². The molecule has 0 spiro atoms. The molecule has 4 nitrogen and oxygen atoms in total. The Balaban J connectivity index is 4.27. The van der Waals surface area contributed by atoms with Gasteiger partial charge in [0.1, 0.15) is 0 Å². The summed E-state index contributed by atoms with van der Waals surface area (Å²) in [5.41, 5.74) is 0. The lowest BCUT2D eigenvalue weighted by atomic mass is 10.1. The van der Waals surface area contributed by atoms with Gasteiger partial charge in [0.15, 0.2) is 0 Å². The van der Waals surface area contributed by atoms with Crippen LogP contribution in [0.2, 0.25) is 0 Å². The molecule has 0 saturated heterocycles. The fourth-order valence-corrected chi connectivity index (χ4v) is 1.77. The van der Waals surface area contributed by atoms with Gasteiger partial charge in [-0.25, -0.2) is 0 Å². The first-order valence-corrected chi connectivity index (χ1v) is 6.32. The number of hydrogen-bond acceptors (Lipinski definition) is 3. The fraction of sp³-hybridized carbons (Fsp3) is 0.769. The van der Waals surface area contributed by atoms with E-state index in [-0.39, 0.29) is 24.6 Å². The highest BCUT2D eigenvalue weighted by Crippen LogP contribution is 2.01. The number of rotatable bonds is 9. The second-order valence-electron chi connectivity index (χ2n) is 4.38. The topological polar surface area (TPSA) is 52.6 Å². The van der Waals surface area contributed by atoms with Crippen LogP contribution >= 0.6 is 0 Å². The third kappa shape index (κ3) is 6.44. The van der Waals surface area contributed by atoms with Gasteiger partial charge in [0.05, 0.1) is 12.6 Å². The van der Waals surface area contributed by atoms with Crippen LogP contribution < -0.4 is 5.32 Å². The Morgan fingerprint density at radius 1 is 1.53 bits per heavy atom. The first kappa shape index (κ1) is 16.1. The van der Waals surface area contributed by atoms with Crippen molar-refractivity contribution in [3.63, 3.8) is 0 Å². The summed E-state index contributed by atoms with van der Waals surface area (Å²) in [4.78, 5) is 13.9. The van der Waals surface area contributed by atoms with Gasteiger partial charge in [-0.3, -0.25) is 9.69 Å². The molecule has 0 aliphatic heterocycles. The summed E-state index contributed by atoms with van der Waals surface area (Å²) < 4.78 is 0. The van der Waals surface area contributed by atoms with E-state index in [0.717, 1.165) is 12.8 Å². The summed E-state index contributed by atoms with van der Waals surface area (Å²) in [6.07, 6.45) is 3.79. The van der Waals surface area contributed by atoms with Crippen molar-refractivity contribution in [3.05, 3.63) is 12.7 Å². The second-order valence-corrected chi connectivity index (χ2v) is 4.38. The molecule has 0 aliphatic rings. The Bertz CT molecular complexity index is 231. The lowest BCUT2D eigenvalue weighted by molar-refractivity contribution is -0.126. The van der Waals surface area contributed by atoms with Crippen molar-refractivity contribution in [1.82, 2.24) is 10.2 Å². The molecular formula is C13H26N2O2. The number of aliphatic hydroxyl groups excluding tert-OH is 1. The number of nitrogens with one attached hydrogen (secondary N) is 1. The highest BCUT2D eigenvalue weighted by molar-refractivity contribution is 5.81. The summed E-state index contributed by atoms with van der Waals surface area (Å²) in [5.74, 6) is 0.0150. The van der Waals surface area contributed by atoms with E-state index in [2.05, 4.69) is 18.8 Å². The summed E-state index contributed by atoms with van der Waals surface area (Å²) in [7, 11) is 0. The molecule has 2 N–H and O–H groups in total. The van der Waals surface area contributed by atoms with Gasteiger partial charge < -0.3 is 10.4 Å². The van der Waals surface area contributed by atoms with E-state index >= 15 is 0 Å². The average Bonchev–Trinajstić information content (AvgIpc) is 2.28. The average molecular weight is 242 g/mol. The predicted molar refractivity (Wildman–Crippen MR) is 70.8 cm³/mol. The molecule has 0 aromatic carbocycles. The van der Waals surface area contributed by atoms with Gasteiger partial charge in [-0.1, -0.05) is 19.4 Å². The smallest absolute Gasteiger partial charge is 0.237 e. The van der Waals surface area contributed by atoms with Crippen molar-refractivity contribution in [2.45, 2.75) is 45.7 Å². The first-order chi connectivity index (χ1) is 8.06. The van der Waals surface area contributed by atoms with Crippen LogP contribution in [0.3, 0.4) is 0 Å². The molecule has 0 saturated carbocycles. The maximum atomic E-state index is 12.0. The molecule has 0 rings (SSSR count). The highest BCUT2D eigenvalue weighted by atomic mass is 16.3. The molecule has 0 heterocycles. The zero-order valence-corrected chi connectivity index (χ0v) is 11.3. The standard InChI is InChI=1S/C13H26N2O2/c1-5-7-11(3)14-13(17)12(4)15(8-6-2)9-10-16/h6,11-12,16H,2,5,7-10H2,1,3-4H3,(H,14,17). The lowest BCUT2D eigenvalue weighted by Crippen LogP contribution is -2.48. The van der Waals surface area contributed by atoms with Gasteiger partial charge in [-0.15, -0.1) is 6.58 Å². The third-order valence-corrected chi connectivity index (χ3v) is 2.79. The number of hydrogen-bond donors (Lipinski definition) is 2. The fourth-order valence-electron chi connectivity index (χ4n) is 1.77. The summed E-state index contributed by atoms with van der Waals surface area (Å²) >= 11 is 0. The molecule has 0 fully saturated rings. The summed E-state index contributed by atoms with van der Waals surface area (Å²) in [6.45, 7) is 10.8. The number of nitrogens with zero attached hydrogens (tertiary/aromatic N) is 1. The Kier molecular flexibility index (Phi) is 8.72. The van der Waals surface area contributed by atoms with E-state index in [9.17, 15) is 4.79 Å². The Morgan fingerprint density at radius 2 is 2.18 bits per heavy atom. The van der Waals surface area contributed by atoms with Crippen molar-refractivity contribution in [1.29, 1.82) is 0 Å². The molecule has 100 valence electrons. The maximum Gasteiger partial charge on any atom is 0.237 e. The summed E-state index contributed by atoms with van der Waals surface area (Å²) in [6, 6.07) is -0.0332. The van der Waals surface area contributed by atoms with Gasteiger partial charge in [0.25, 0.3) is 0 Å². The van der Waals surface area contributed by atoms with Crippen molar-refractivity contribution < 1.29 is 9.90 Å². The molecule has 1 amide bonds. The van der Waals surface area contributed by atoms with Crippen molar-refractivity contribution in [3.8, 4) is 0 Å². The third-order valence-electron chi connectivity index (χ3n) is 2.79.